The third kappa shape index (κ3) is 5.34. The zero-order chi connectivity index (χ0) is 21.9. The van der Waals surface area contributed by atoms with Crippen LogP contribution in [0.1, 0.15) is 21.5 Å². The number of alkyl halides is 2. The van der Waals surface area contributed by atoms with Gasteiger partial charge in [-0.15, -0.1) is 0 Å². The fourth-order valence-corrected chi connectivity index (χ4v) is 4.42. The van der Waals surface area contributed by atoms with Crippen molar-refractivity contribution in [3.63, 3.8) is 0 Å². The molecule has 1 saturated heterocycles. The van der Waals surface area contributed by atoms with E-state index < -0.39 is 16.4 Å². The van der Waals surface area contributed by atoms with Crippen molar-refractivity contribution in [1.82, 2.24) is 9.80 Å². The van der Waals surface area contributed by atoms with Gasteiger partial charge in [0, 0.05) is 37.4 Å². The fourth-order valence-electron chi connectivity index (χ4n) is 3.33. The molecular formula is C21H25F2N3O3S. The Labute approximate surface area is 175 Å². The van der Waals surface area contributed by atoms with Crippen LogP contribution in [-0.4, -0.2) is 63.3 Å². The summed E-state index contributed by atoms with van der Waals surface area (Å²) < 4.78 is 53.2. The van der Waals surface area contributed by atoms with Gasteiger partial charge in [0.1, 0.15) is 0 Å². The molecule has 1 amide bonds. The molecule has 0 atom stereocenters. The van der Waals surface area contributed by atoms with Gasteiger partial charge in [-0.05, 0) is 43.7 Å². The molecule has 0 radical (unpaired) electrons. The van der Waals surface area contributed by atoms with Crippen LogP contribution in [0.15, 0.2) is 47.4 Å². The van der Waals surface area contributed by atoms with E-state index in [0.717, 1.165) is 5.56 Å². The summed E-state index contributed by atoms with van der Waals surface area (Å²) in [5.41, 5.74) is 2.40. The van der Waals surface area contributed by atoms with Crippen LogP contribution in [0.3, 0.4) is 0 Å². The second-order valence-corrected chi connectivity index (χ2v) is 9.11. The molecule has 1 fully saturated rings. The maximum atomic E-state index is 13.0. The lowest BCUT2D eigenvalue weighted by atomic mass is 10.1. The van der Waals surface area contributed by atoms with Crippen molar-refractivity contribution < 1.29 is 22.0 Å². The Hall–Kier alpha value is -2.52. The van der Waals surface area contributed by atoms with E-state index in [9.17, 15) is 22.0 Å². The van der Waals surface area contributed by atoms with Crippen LogP contribution >= 0.6 is 0 Å². The SMILES string of the molecule is Cc1ccc(NS(=O)(=O)c2ccc(C)c(C(=O)N3CCN(CC(F)F)CC3)c2)cc1. The van der Waals surface area contributed by atoms with Gasteiger partial charge in [0.15, 0.2) is 0 Å². The van der Waals surface area contributed by atoms with Crippen LogP contribution in [0.4, 0.5) is 14.5 Å². The lowest BCUT2D eigenvalue weighted by Gasteiger charge is -2.34. The highest BCUT2D eigenvalue weighted by Crippen LogP contribution is 2.21. The third-order valence-electron chi connectivity index (χ3n) is 5.11. The molecule has 6 nitrogen and oxygen atoms in total. The summed E-state index contributed by atoms with van der Waals surface area (Å²) in [7, 11) is -3.86. The summed E-state index contributed by atoms with van der Waals surface area (Å²) in [6, 6.07) is 11.4. The standard InChI is InChI=1S/C21H25F2N3O3S/c1-15-3-6-17(7-4-15)24-30(28,29)18-8-5-16(2)19(13-18)21(27)26-11-9-25(10-12-26)14-20(22)23/h3-8,13,20,24H,9-12,14H2,1-2H3. The van der Waals surface area contributed by atoms with E-state index in [0.29, 0.717) is 43.0 Å². The number of aryl methyl sites for hydroxylation is 2. The molecule has 0 aromatic heterocycles. The number of sulfonamides is 1. The van der Waals surface area contributed by atoms with Crippen molar-refractivity contribution >= 4 is 21.6 Å². The van der Waals surface area contributed by atoms with Gasteiger partial charge in [0.2, 0.25) is 0 Å². The number of nitrogens with one attached hydrogen (secondary N) is 1. The van der Waals surface area contributed by atoms with E-state index in [2.05, 4.69) is 4.72 Å². The molecule has 0 bridgehead atoms. The van der Waals surface area contributed by atoms with Crippen LogP contribution in [-0.2, 0) is 10.0 Å². The predicted octanol–water partition coefficient (Wildman–Crippen LogP) is 3.13. The van der Waals surface area contributed by atoms with Crippen molar-refractivity contribution in [1.29, 1.82) is 0 Å². The number of amides is 1. The van der Waals surface area contributed by atoms with Gasteiger partial charge in [-0.1, -0.05) is 23.8 Å². The Kier molecular flexibility index (Phi) is 6.72. The Morgan fingerprint density at radius 3 is 2.27 bits per heavy atom. The van der Waals surface area contributed by atoms with Crippen LogP contribution < -0.4 is 4.72 Å². The summed E-state index contributed by atoms with van der Waals surface area (Å²) >= 11 is 0. The summed E-state index contributed by atoms with van der Waals surface area (Å²) in [6.45, 7) is 4.71. The van der Waals surface area contributed by atoms with E-state index in [1.54, 1.807) is 47.1 Å². The van der Waals surface area contributed by atoms with Crippen molar-refractivity contribution in [3.8, 4) is 0 Å². The van der Waals surface area contributed by atoms with E-state index in [-0.39, 0.29) is 17.3 Å². The number of anilines is 1. The molecule has 162 valence electrons. The largest absolute Gasteiger partial charge is 0.336 e. The number of piperazine rings is 1. The van der Waals surface area contributed by atoms with Gasteiger partial charge in [0.05, 0.1) is 11.4 Å². The third-order valence-corrected chi connectivity index (χ3v) is 6.49. The lowest BCUT2D eigenvalue weighted by molar-refractivity contribution is 0.0458. The molecule has 1 heterocycles. The minimum atomic E-state index is -3.86. The molecule has 0 aliphatic carbocycles. The molecule has 0 spiro atoms. The first-order valence-electron chi connectivity index (χ1n) is 9.65. The van der Waals surface area contributed by atoms with Crippen molar-refractivity contribution in [2.75, 3.05) is 37.4 Å². The van der Waals surface area contributed by atoms with E-state index in [1.807, 2.05) is 6.92 Å². The number of benzene rings is 2. The Morgan fingerprint density at radius 1 is 1.03 bits per heavy atom. The van der Waals surface area contributed by atoms with Crippen LogP contribution in [0, 0.1) is 13.8 Å². The number of hydrogen-bond acceptors (Lipinski definition) is 4. The molecule has 2 aromatic carbocycles. The smallest absolute Gasteiger partial charge is 0.261 e. The van der Waals surface area contributed by atoms with Gasteiger partial charge in [-0.2, -0.15) is 0 Å². The molecule has 9 heteroatoms. The first kappa shape index (κ1) is 22.2. The highest BCUT2D eigenvalue weighted by Gasteiger charge is 2.26. The predicted molar refractivity (Wildman–Crippen MR) is 112 cm³/mol. The summed E-state index contributed by atoms with van der Waals surface area (Å²) in [4.78, 5) is 16.2. The van der Waals surface area contributed by atoms with Crippen LogP contribution in [0.25, 0.3) is 0 Å². The van der Waals surface area contributed by atoms with E-state index in [4.69, 9.17) is 0 Å². The van der Waals surface area contributed by atoms with Gasteiger partial charge in [0.25, 0.3) is 22.4 Å². The van der Waals surface area contributed by atoms with Crippen molar-refractivity contribution in [3.05, 3.63) is 59.2 Å². The maximum absolute atomic E-state index is 13.0. The summed E-state index contributed by atoms with van der Waals surface area (Å²) in [6.07, 6.45) is -2.41. The maximum Gasteiger partial charge on any atom is 0.261 e. The van der Waals surface area contributed by atoms with Crippen molar-refractivity contribution in [2.45, 2.75) is 25.2 Å². The fraction of sp³-hybridized carbons (Fsp3) is 0.381. The first-order chi connectivity index (χ1) is 14.2. The second kappa shape index (κ2) is 9.09. The number of nitrogens with zero attached hydrogens (tertiary/aromatic N) is 2. The average Bonchev–Trinajstić information content (AvgIpc) is 2.69. The van der Waals surface area contributed by atoms with E-state index >= 15 is 0 Å². The highest BCUT2D eigenvalue weighted by atomic mass is 32.2. The number of hydrogen-bond donors (Lipinski definition) is 1. The minimum Gasteiger partial charge on any atom is -0.336 e. The first-order valence-corrected chi connectivity index (χ1v) is 11.1. The topological polar surface area (TPSA) is 69.7 Å². The quantitative estimate of drug-likeness (QED) is 0.754. The molecule has 0 unspecified atom stereocenters. The minimum absolute atomic E-state index is 0.00615. The summed E-state index contributed by atoms with van der Waals surface area (Å²) in [5.74, 6) is -0.295. The molecule has 1 N–H and O–H groups in total. The number of carbonyl (C=O) groups excluding carboxylic acids is 1. The Morgan fingerprint density at radius 2 is 1.67 bits per heavy atom. The molecule has 3 rings (SSSR count). The Balaban J connectivity index is 1.76. The monoisotopic (exact) mass is 437 g/mol. The highest BCUT2D eigenvalue weighted by molar-refractivity contribution is 7.92. The van der Waals surface area contributed by atoms with Gasteiger partial charge < -0.3 is 4.90 Å². The number of halogens is 2. The average molecular weight is 438 g/mol. The van der Waals surface area contributed by atoms with Gasteiger partial charge >= 0.3 is 0 Å². The number of rotatable bonds is 6. The molecule has 2 aromatic rings. The normalized spacial score (nSPS) is 15.4. The van der Waals surface area contributed by atoms with Crippen LogP contribution in [0.5, 0.6) is 0 Å². The van der Waals surface area contributed by atoms with Crippen molar-refractivity contribution in [2.24, 2.45) is 0 Å². The van der Waals surface area contributed by atoms with Gasteiger partial charge in [-0.3, -0.25) is 14.4 Å². The van der Waals surface area contributed by atoms with E-state index in [1.165, 1.54) is 12.1 Å². The zero-order valence-corrected chi connectivity index (χ0v) is 17.8. The zero-order valence-electron chi connectivity index (χ0n) is 16.9. The second-order valence-electron chi connectivity index (χ2n) is 7.43. The molecule has 1 aliphatic heterocycles. The molecule has 1 aliphatic rings. The summed E-state index contributed by atoms with van der Waals surface area (Å²) in [5, 5.41) is 0. The molecule has 0 saturated carbocycles. The van der Waals surface area contributed by atoms with Crippen LogP contribution in [0.2, 0.25) is 0 Å². The number of carbonyl (C=O) groups is 1. The lowest BCUT2D eigenvalue weighted by Crippen LogP contribution is -2.49. The van der Waals surface area contributed by atoms with Gasteiger partial charge in [-0.25, -0.2) is 17.2 Å². The molecular weight excluding hydrogens is 412 g/mol. The Bertz CT molecular complexity index is 1000. The molecule has 30 heavy (non-hydrogen) atoms.